The summed E-state index contributed by atoms with van der Waals surface area (Å²) >= 11 is 0. The Morgan fingerprint density at radius 3 is 2.19 bits per heavy atom. The maximum absolute atomic E-state index is 6.67. The van der Waals surface area contributed by atoms with Crippen LogP contribution in [0.3, 0.4) is 0 Å². The third-order valence-electron chi connectivity index (χ3n) is 5.04. The van der Waals surface area contributed by atoms with Crippen molar-refractivity contribution in [1.82, 2.24) is 0 Å². The van der Waals surface area contributed by atoms with E-state index in [2.05, 4.69) is 71.9 Å². The minimum absolute atomic E-state index is 0.645. The van der Waals surface area contributed by atoms with Gasteiger partial charge in [-0.15, -0.1) is 0 Å². The fourth-order valence-electron chi connectivity index (χ4n) is 4.10. The Bertz CT molecular complexity index is 493. The Hall–Kier alpha value is -0.863. The third kappa shape index (κ3) is 3.17. The molecule has 0 unspecified atom stereocenters. The lowest BCUT2D eigenvalue weighted by Gasteiger charge is -2.42. The summed E-state index contributed by atoms with van der Waals surface area (Å²) in [5.41, 5.74) is 6.07. The number of rotatable bonds is 6. The van der Waals surface area contributed by atoms with Crippen molar-refractivity contribution < 1.29 is 4.43 Å². The van der Waals surface area contributed by atoms with E-state index in [1.165, 1.54) is 16.7 Å². The maximum Gasteiger partial charge on any atom is 0.200 e. The molecule has 2 heteroatoms. The normalized spacial score (nSPS) is 14.5. The van der Waals surface area contributed by atoms with E-state index in [-0.39, 0.29) is 0 Å². The van der Waals surface area contributed by atoms with E-state index in [4.69, 9.17) is 4.43 Å². The van der Waals surface area contributed by atoms with Crippen LogP contribution < -0.4 is 0 Å². The van der Waals surface area contributed by atoms with Crippen LogP contribution in [0.2, 0.25) is 16.6 Å². The lowest BCUT2D eigenvalue weighted by Crippen LogP contribution is -2.47. The van der Waals surface area contributed by atoms with E-state index in [9.17, 15) is 0 Å². The van der Waals surface area contributed by atoms with E-state index in [1.54, 1.807) is 0 Å². The van der Waals surface area contributed by atoms with Crippen molar-refractivity contribution in [2.45, 2.75) is 71.2 Å². The van der Waals surface area contributed by atoms with Crippen molar-refractivity contribution in [3.8, 4) is 0 Å². The number of hydrogen-bond acceptors (Lipinski definition) is 1. The van der Waals surface area contributed by atoms with Crippen LogP contribution in [0, 0.1) is 0 Å². The van der Waals surface area contributed by atoms with E-state index < -0.39 is 8.32 Å². The largest absolute Gasteiger partial charge is 0.412 e. The Labute approximate surface area is 131 Å². The summed E-state index contributed by atoms with van der Waals surface area (Å²) in [7, 11) is -1.75. The second-order valence-electron chi connectivity index (χ2n) is 7.25. The molecule has 1 nitrogen and oxygen atoms in total. The Kier molecular flexibility index (Phi) is 5.10. The molecule has 1 aromatic rings. The van der Waals surface area contributed by atoms with Gasteiger partial charge >= 0.3 is 0 Å². The number of allylic oxidation sites excluding steroid dienone is 1. The van der Waals surface area contributed by atoms with Crippen LogP contribution in [0.4, 0.5) is 0 Å². The molecule has 0 saturated carbocycles. The zero-order valence-corrected chi connectivity index (χ0v) is 15.4. The molecule has 0 N–H and O–H groups in total. The Morgan fingerprint density at radius 2 is 1.62 bits per heavy atom. The lowest BCUT2D eigenvalue weighted by molar-refractivity contribution is 0.266. The van der Waals surface area contributed by atoms with Gasteiger partial charge in [0.2, 0.25) is 8.32 Å². The molecule has 1 aliphatic carbocycles. The van der Waals surface area contributed by atoms with E-state index in [1.807, 2.05) is 0 Å². The molecular weight excluding hydrogens is 272 g/mol. The highest BCUT2D eigenvalue weighted by Gasteiger charge is 2.44. The summed E-state index contributed by atoms with van der Waals surface area (Å²) in [4.78, 5) is 0. The van der Waals surface area contributed by atoms with Gasteiger partial charge in [-0.2, -0.15) is 0 Å². The van der Waals surface area contributed by atoms with Crippen molar-refractivity contribution in [3.05, 3.63) is 41.0 Å². The van der Waals surface area contributed by atoms with Gasteiger partial charge in [-0.3, -0.25) is 0 Å². The summed E-state index contributed by atoms with van der Waals surface area (Å²) in [6.45, 7) is 14.8. The highest BCUT2D eigenvalue weighted by atomic mass is 28.4. The second kappa shape index (κ2) is 6.49. The minimum Gasteiger partial charge on any atom is -0.412 e. The van der Waals surface area contributed by atoms with Gasteiger partial charge in [0.15, 0.2) is 0 Å². The quantitative estimate of drug-likeness (QED) is 0.590. The summed E-state index contributed by atoms with van der Waals surface area (Å²) in [5, 5.41) is 0. The van der Waals surface area contributed by atoms with Gasteiger partial charge in [0.25, 0.3) is 0 Å². The monoisotopic (exact) mass is 302 g/mol. The number of fused-ring (bicyclic) bond motifs is 1. The summed E-state index contributed by atoms with van der Waals surface area (Å²) in [6.07, 6.45) is 5.56. The smallest absolute Gasteiger partial charge is 0.200 e. The average Bonchev–Trinajstić information content (AvgIpc) is 2.85. The molecule has 2 rings (SSSR count). The highest BCUT2D eigenvalue weighted by molar-refractivity contribution is 6.77. The SMILES string of the molecule is CC(C)[Si](OCc1ccc2c(c1)C=CC2)(C(C)C)C(C)C. The standard InChI is InChI=1S/C19H30OSi/c1-14(2)21(15(3)4,16(5)6)20-13-17-10-11-18-8-7-9-19(18)12-17/h7,9-12,14-16H,8,13H2,1-6H3. The zero-order valence-electron chi connectivity index (χ0n) is 14.4. The molecule has 0 saturated heterocycles. The molecule has 0 fully saturated rings. The van der Waals surface area contributed by atoms with Gasteiger partial charge in [0, 0.05) is 0 Å². The van der Waals surface area contributed by atoms with Crippen molar-refractivity contribution >= 4 is 14.4 Å². The molecule has 0 spiro atoms. The molecule has 0 atom stereocenters. The predicted molar refractivity (Wildman–Crippen MR) is 95.0 cm³/mol. The van der Waals surface area contributed by atoms with Crippen LogP contribution in [0.25, 0.3) is 6.08 Å². The van der Waals surface area contributed by atoms with Gasteiger partial charge in [0.05, 0.1) is 6.61 Å². The molecule has 1 aliphatic rings. The molecular formula is C19H30OSi. The first-order valence-electron chi connectivity index (χ1n) is 8.30. The molecule has 0 aromatic heterocycles. The molecule has 0 aliphatic heterocycles. The Morgan fingerprint density at radius 1 is 1.00 bits per heavy atom. The molecule has 116 valence electrons. The topological polar surface area (TPSA) is 9.23 Å². The van der Waals surface area contributed by atoms with Gasteiger partial charge < -0.3 is 4.43 Å². The first-order chi connectivity index (χ1) is 9.87. The highest BCUT2D eigenvalue weighted by Crippen LogP contribution is 2.42. The fourth-order valence-corrected chi connectivity index (χ4v) is 9.51. The van der Waals surface area contributed by atoms with E-state index in [0.717, 1.165) is 13.0 Å². The second-order valence-corrected chi connectivity index (χ2v) is 12.7. The van der Waals surface area contributed by atoms with Crippen LogP contribution in [0.1, 0.15) is 58.2 Å². The third-order valence-corrected chi connectivity index (χ3v) is 11.1. The van der Waals surface area contributed by atoms with E-state index >= 15 is 0 Å². The lowest BCUT2D eigenvalue weighted by atomic mass is 10.1. The molecule has 0 amide bonds. The molecule has 0 radical (unpaired) electrons. The van der Waals surface area contributed by atoms with Crippen LogP contribution in [-0.4, -0.2) is 8.32 Å². The van der Waals surface area contributed by atoms with Crippen molar-refractivity contribution in [2.75, 3.05) is 0 Å². The average molecular weight is 303 g/mol. The maximum atomic E-state index is 6.67. The van der Waals surface area contributed by atoms with Gasteiger partial charge in [-0.25, -0.2) is 0 Å². The molecule has 21 heavy (non-hydrogen) atoms. The van der Waals surface area contributed by atoms with Crippen molar-refractivity contribution in [3.63, 3.8) is 0 Å². The number of benzene rings is 1. The first kappa shape index (κ1) is 16.5. The molecule has 0 heterocycles. The van der Waals surface area contributed by atoms with Crippen LogP contribution in [-0.2, 0) is 17.5 Å². The summed E-state index contributed by atoms with van der Waals surface area (Å²) in [5.74, 6) is 0. The van der Waals surface area contributed by atoms with Gasteiger partial charge in [-0.05, 0) is 45.8 Å². The van der Waals surface area contributed by atoms with Gasteiger partial charge in [-0.1, -0.05) is 65.8 Å². The number of hydrogen-bond donors (Lipinski definition) is 0. The first-order valence-corrected chi connectivity index (χ1v) is 10.4. The summed E-state index contributed by atoms with van der Waals surface area (Å²) in [6, 6.07) is 6.81. The van der Waals surface area contributed by atoms with Crippen molar-refractivity contribution in [1.29, 1.82) is 0 Å². The minimum atomic E-state index is -1.75. The molecule has 0 bridgehead atoms. The Balaban J connectivity index is 2.17. The van der Waals surface area contributed by atoms with Gasteiger partial charge in [0.1, 0.15) is 0 Å². The zero-order chi connectivity index (χ0) is 15.6. The van der Waals surface area contributed by atoms with E-state index in [0.29, 0.717) is 16.6 Å². The molecule has 1 aromatic carbocycles. The fraction of sp³-hybridized carbons (Fsp3) is 0.579. The van der Waals surface area contributed by atoms with Crippen LogP contribution in [0.5, 0.6) is 0 Å². The summed E-state index contributed by atoms with van der Waals surface area (Å²) < 4.78 is 6.67. The predicted octanol–water partition coefficient (Wildman–Crippen LogP) is 5.95. The van der Waals surface area contributed by atoms with Crippen LogP contribution in [0.15, 0.2) is 24.3 Å². The van der Waals surface area contributed by atoms with Crippen molar-refractivity contribution in [2.24, 2.45) is 0 Å². The van der Waals surface area contributed by atoms with Crippen LogP contribution >= 0.6 is 0 Å².